The van der Waals surface area contributed by atoms with Gasteiger partial charge in [0, 0.05) is 23.7 Å². The first-order chi connectivity index (χ1) is 15.1. The largest absolute Gasteiger partial charge is 0.497 e. The summed E-state index contributed by atoms with van der Waals surface area (Å²) in [6, 6.07) is 25.1. The minimum absolute atomic E-state index is 0.132. The molecule has 1 amide bonds. The lowest BCUT2D eigenvalue weighted by Crippen LogP contribution is -2.26. The van der Waals surface area contributed by atoms with Gasteiger partial charge in [-0.2, -0.15) is 0 Å². The van der Waals surface area contributed by atoms with E-state index in [-0.39, 0.29) is 5.91 Å². The third-order valence-corrected chi connectivity index (χ3v) is 5.70. The Morgan fingerprint density at radius 3 is 2.48 bits per heavy atom. The lowest BCUT2D eigenvalue weighted by atomic mass is 10.2. The number of carbonyl (C=O) groups excluding carboxylic acids is 1. The van der Waals surface area contributed by atoms with Gasteiger partial charge in [-0.15, -0.1) is 11.3 Å². The van der Waals surface area contributed by atoms with Gasteiger partial charge in [-0.25, -0.2) is 4.98 Å². The van der Waals surface area contributed by atoms with Crippen LogP contribution in [-0.2, 0) is 6.61 Å². The van der Waals surface area contributed by atoms with Gasteiger partial charge >= 0.3 is 0 Å². The van der Waals surface area contributed by atoms with Crippen molar-refractivity contribution < 1.29 is 14.3 Å². The summed E-state index contributed by atoms with van der Waals surface area (Å²) in [5.41, 5.74) is 3.25. The van der Waals surface area contributed by atoms with Crippen LogP contribution in [0.2, 0.25) is 0 Å². The Kier molecular flexibility index (Phi) is 6.29. The number of ether oxygens (including phenoxy) is 2. The van der Waals surface area contributed by atoms with Gasteiger partial charge in [0.1, 0.15) is 28.8 Å². The molecule has 31 heavy (non-hydrogen) atoms. The highest BCUT2D eigenvalue weighted by atomic mass is 32.1. The third kappa shape index (κ3) is 4.92. The van der Waals surface area contributed by atoms with Gasteiger partial charge in [0.25, 0.3) is 5.91 Å². The number of hydrogen-bond donors (Lipinski definition) is 0. The first-order valence-electron chi connectivity index (χ1n) is 9.79. The zero-order valence-corrected chi connectivity index (χ0v) is 18.1. The van der Waals surface area contributed by atoms with Crippen molar-refractivity contribution in [2.75, 3.05) is 19.1 Å². The molecule has 0 aliphatic rings. The van der Waals surface area contributed by atoms with Crippen LogP contribution in [0.5, 0.6) is 11.5 Å². The van der Waals surface area contributed by atoms with Crippen molar-refractivity contribution in [3.8, 4) is 22.1 Å². The normalized spacial score (nSPS) is 10.5. The number of methoxy groups -OCH3 is 1. The van der Waals surface area contributed by atoms with Gasteiger partial charge in [0.15, 0.2) is 0 Å². The second kappa shape index (κ2) is 9.45. The van der Waals surface area contributed by atoms with E-state index in [9.17, 15) is 4.79 Å². The fourth-order valence-corrected chi connectivity index (χ4v) is 3.87. The molecule has 0 spiro atoms. The summed E-state index contributed by atoms with van der Waals surface area (Å²) >= 11 is 1.45. The maximum absolute atomic E-state index is 12.8. The molecule has 0 saturated carbocycles. The summed E-state index contributed by atoms with van der Waals surface area (Å²) in [5.74, 6) is 1.44. The zero-order chi connectivity index (χ0) is 21.6. The highest BCUT2D eigenvalue weighted by molar-refractivity contribution is 7.13. The second-order valence-electron chi connectivity index (χ2n) is 6.90. The van der Waals surface area contributed by atoms with E-state index in [1.54, 1.807) is 24.4 Å². The van der Waals surface area contributed by atoms with Gasteiger partial charge in [-0.1, -0.05) is 30.3 Å². The van der Waals surface area contributed by atoms with Gasteiger partial charge in [-0.05, 0) is 54.1 Å². The number of benzene rings is 3. The predicted molar refractivity (Wildman–Crippen MR) is 124 cm³/mol. The molecule has 4 aromatic rings. The van der Waals surface area contributed by atoms with Crippen LogP contribution in [0.3, 0.4) is 0 Å². The van der Waals surface area contributed by atoms with Crippen LogP contribution >= 0.6 is 11.3 Å². The molecule has 0 fully saturated rings. The van der Waals surface area contributed by atoms with Gasteiger partial charge < -0.3 is 14.4 Å². The van der Waals surface area contributed by atoms with E-state index >= 15 is 0 Å². The first-order valence-corrected chi connectivity index (χ1v) is 10.7. The minimum atomic E-state index is -0.132. The monoisotopic (exact) mass is 430 g/mol. The van der Waals surface area contributed by atoms with Gasteiger partial charge in [0.2, 0.25) is 0 Å². The third-order valence-electron chi connectivity index (χ3n) is 4.81. The Morgan fingerprint density at radius 2 is 1.74 bits per heavy atom. The lowest BCUT2D eigenvalue weighted by molar-refractivity contribution is 0.0989. The molecule has 156 valence electrons. The average Bonchev–Trinajstić information content (AvgIpc) is 3.33. The molecule has 0 radical (unpaired) electrons. The number of hydrogen-bond acceptors (Lipinski definition) is 5. The molecule has 0 saturated heterocycles. The molecule has 0 atom stereocenters. The smallest absolute Gasteiger partial charge is 0.277 e. The molecule has 6 heteroatoms. The van der Waals surface area contributed by atoms with Crippen molar-refractivity contribution in [2.45, 2.75) is 6.61 Å². The standard InChI is InChI=1S/C25H22N2O3S/c1-27(20-8-4-3-5-9-20)25(28)23-17-31-24(26-23)19-11-13-21(14-12-19)30-16-18-7-6-10-22(15-18)29-2/h3-15,17H,16H2,1-2H3. The van der Waals surface area contributed by atoms with E-state index in [0.717, 1.165) is 33.3 Å². The maximum Gasteiger partial charge on any atom is 0.277 e. The van der Waals surface area contributed by atoms with Crippen molar-refractivity contribution in [1.82, 2.24) is 4.98 Å². The summed E-state index contributed by atoms with van der Waals surface area (Å²) in [6.07, 6.45) is 0. The van der Waals surface area contributed by atoms with Crippen LogP contribution in [-0.4, -0.2) is 25.0 Å². The minimum Gasteiger partial charge on any atom is -0.497 e. The number of para-hydroxylation sites is 1. The average molecular weight is 431 g/mol. The topological polar surface area (TPSA) is 51.7 Å². The van der Waals surface area contributed by atoms with E-state index in [1.165, 1.54) is 11.3 Å². The number of nitrogens with zero attached hydrogens (tertiary/aromatic N) is 2. The molecular formula is C25H22N2O3S. The number of anilines is 1. The quantitative estimate of drug-likeness (QED) is 0.379. The summed E-state index contributed by atoms with van der Waals surface area (Å²) in [7, 11) is 3.40. The Labute approximate surface area is 185 Å². The summed E-state index contributed by atoms with van der Waals surface area (Å²) < 4.78 is 11.1. The van der Waals surface area contributed by atoms with E-state index in [4.69, 9.17) is 9.47 Å². The molecule has 0 N–H and O–H groups in total. The van der Waals surface area contributed by atoms with E-state index in [1.807, 2.05) is 78.9 Å². The van der Waals surface area contributed by atoms with Crippen molar-refractivity contribution in [1.29, 1.82) is 0 Å². The maximum atomic E-state index is 12.8. The van der Waals surface area contributed by atoms with Crippen molar-refractivity contribution in [2.24, 2.45) is 0 Å². The first kappa shape index (κ1) is 20.6. The van der Waals surface area contributed by atoms with Crippen molar-refractivity contribution in [3.63, 3.8) is 0 Å². The molecule has 4 rings (SSSR count). The zero-order valence-electron chi connectivity index (χ0n) is 17.3. The van der Waals surface area contributed by atoms with Crippen LogP contribution in [0.15, 0.2) is 84.2 Å². The fourth-order valence-electron chi connectivity index (χ4n) is 3.07. The van der Waals surface area contributed by atoms with Crippen LogP contribution < -0.4 is 14.4 Å². The number of thiazole rings is 1. The second-order valence-corrected chi connectivity index (χ2v) is 7.76. The molecule has 1 heterocycles. The molecule has 5 nitrogen and oxygen atoms in total. The fraction of sp³-hybridized carbons (Fsp3) is 0.120. The lowest BCUT2D eigenvalue weighted by Gasteiger charge is -2.15. The summed E-state index contributed by atoms with van der Waals surface area (Å²) in [6.45, 7) is 0.457. The molecule has 1 aromatic heterocycles. The Bertz CT molecular complexity index is 1160. The van der Waals surface area contributed by atoms with Gasteiger partial charge in [0.05, 0.1) is 7.11 Å². The summed E-state index contributed by atoms with van der Waals surface area (Å²) in [4.78, 5) is 18.9. The van der Waals surface area contributed by atoms with Crippen LogP contribution in [0.25, 0.3) is 10.6 Å². The number of rotatable bonds is 7. The SMILES string of the molecule is COc1cccc(COc2ccc(-c3nc(C(=O)N(C)c4ccccc4)cs3)cc2)c1. The summed E-state index contributed by atoms with van der Waals surface area (Å²) in [5, 5.41) is 2.59. The predicted octanol–water partition coefficient (Wildman–Crippen LogP) is 5.67. The molecule has 0 aliphatic carbocycles. The molecule has 0 aliphatic heterocycles. The van der Waals surface area contributed by atoms with Crippen LogP contribution in [0.4, 0.5) is 5.69 Å². The number of amides is 1. The van der Waals surface area contributed by atoms with E-state index in [2.05, 4.69) is 4.98 Å². The highest BCUT2D eigenvalue weighted by Crippen LogP contribution is 2.27. The van der Waals surface area contributed by atoms with E-state index in [0.29, 0.717) is 12.3 Å². The van der Waals surface area contributed by atoms with Crippen LogP contribution in [0.1, 0.15) is 16.1 Å². The Balaban J connectivity index is 1.41. The van der Waals surface area contributed by atoms with Crippen molar-refractivity contribution in [3.05, 3.63) is 95.5 Å². The van der Waals surface area contributed by atoms with Crippen molar-refractivity contribution >= 4 is 22.9 Å². The van der Waals surface area contributed by atoms with E-state index < -0.39 is 0 Å². The van der Waals surface area contributed by atoms with Gasteiger partial charge in [-0.3, -0.25) is 4.79 Å². The Hall–Kier alpha value is -3.64. The Morgan fingerprint density at radius 1 is 0.968 bits per heavy atom. The molecular weight excluding hydrogens is 408 g/mol. The number of carbonyl (C=O) groups is 1. The highest BCUT2D eigenvalue weighted by Gasteiger charge is 2.17. The molecule has 3 aromatic carbocycles. The number of aromatic nitrogens is 1. The molecule has 0 bridgehead atoms. The van der Waals surface area contributed by atoms with Crippen LogP contribution in [0, 0.1) is 0 Å². The molecule has 0 unspecified atom stereocenters.